The summed E-state index contributed by atoms with van der Waals surface area (Å²) in [5.41, 5.74) is -0.0612. The average molecular weight is 151 g/mol. The lowest BCUT2D eigenvalue weighted by molar-refractivity contribution is 0.660. The minimum Gasteiger partial charge on any atom is -0.283 e. The molecule has 0 aromatic carbocycles. The van der Waals surface area contributed by atoms with E-state index in [9.17, 15) is 0 Å². The third-order valence-corrected chi connectivity index (χ3v) is 1.26. The molecule has 0 atom stereocenters. The third kappa shape index (κ3) is 5.59. The summed E-state index contributed by atoms with van der Waals surface area (Å²) in [6.45, 7) is 8.14. The zero-order valence-electron chi connectivity index (χ0n) is 7.83. The predicted octanol–water partition coefficient (Wildman–Crippen LogP) is 2.99. The van der Waals surface area contributed by atoms with E-state index in [1.807, 2.05) is 38.3 Å². The van der Waals surface area contributed by atoms with E-state index in [1.54, 1.807) is 0 Å². The van der Waals surface area contributed by atoms with Crippen molar-refractivity contribution in [1.29, 1.82) is 0 Å². The molecule has 0 radical (unpaired) electrons. The highest BCUT2D eigenvalue weighted by Gasteiger charge is 2.07. The van der Waals surface area contributed by atoms with Gasteiger partial charge >= 0.3 is 0 Å². The van der Waals surface area contributed by atoms with E-state index in [2.05, 4.69) is 24.9 Å². The summed E-state index contributed by atoms with van der Waals surface area (Å²) in [5, 5.41) is 0. The molecule has 0 amide bonds. The molecule has 0 heterocycles. The Morgan fingerprint density at radius 1 is 1.09 bits per heavy atom. The number of allylic oxidation sites excluding steroid dienone is 3. The molecule has 0 saturated carbocycles. The standard InChI is InChI=1S/C10H17N/c1-5-7-9-11-10(3,4)8-6-2/h5-9H,1-4H3/b7-5+,8-6-,11-9?. The van der Waals surface area contributed by atoms with Gasteiger partial charge in [0.25, 0.3) is 0 Å². The van der Waals surface area contributed by atoms with E-state index < -0.39 is 0 Å². The number of hydrogen-bond donors (Lipinski definition) is 0. The van der Waals surface area contributed by atoms with Crippen molar-refractivity contribution in [2.24, 2.45) is 4.99 Å². The molecular weight excluding hydrogens is 134 g/mol. The molecule has 0 aromatic rings. The molecule has 0 saturated heterocycles. The molecule has 0 aromatic heterocycles. The molecule has 0 fully saturated rings. The van der Waals surface area contributed by atoms with E-state index in [4.69, 9.17) is 0 Å². The van der Waals surface area contributed by atoms with Crippen molar-refractivity contribution in [1.82, 2.24) is 0 Å². The molecular formula is C10H17N. The van der Waals surface area contributed by atoms with Gasteiger partial charge in [-0.15, -0.1) is 0 Å². The topological polar surface area (TPSA) is 12.4 Å². The summed E-state index contributed by atoms with van der Waals surface area (Å²) in [7, 11) is 0. The molecule has 0 aliphatic rings. The minimum atomic E-state index is -0.0612. The second-order valence-electron chi connectivity index (χ2n) is 2.96. The fourth-order valence-corrected chi connectivity index (χ4v) is 0.772. The lowest BCUT2D eigenvalue weighted by Gasteiger charge is -2.12. The SMILES string of the molecule is C/C=C\C(C)(C)N=C/C=C/C. The van der Waals surface area contributed by atoms with E-state index in [0.717, 1.165) is 0 Å². The zero-order chi connectivity index (χ0) is 8.74. The fraction of sp³-hybridized carbons (Fsp3) is 0.500. The van der Waals surface area contributed by atoms with Crippen LogP contribution in [0.2, 0.25) is 0 Å². The number of aliphatic imine (C=N–C) groups is 1. The maximum atomic E-state index is 4.34. The monoisotopic (exact) mass is 151 g/mol. The van der Waals surface area contributed by atoms with Gasteiger partial charge in [-0.2, -0.15) is 0 Å². The van der Waals surface area contributed by atoms with Crippen LogP contribution in [0.4, 0.5) is 0 Å². The summed E-state index contributed by atoms with van der Waals surface area (Å²) in [6.07, 6.45) is 9.83. The van der Waals surface area contributed by atoms with Crippen LogP contribution in [-0.2, 0) is 0 Å². The Balaban J connectivity index is 4.10. The van der Waals surface area contributed by atoms with Gasteiger partial charge in [-0.3, -0.25) is 4.99 Å². The van der Waals surface area contributed by atoms with Crippen molar-refractivity contribution >= 4 is 6.21 Å². The van der Waals surface area contributed by atoms with Crippen molar-refractivity contribution in [3.8, 4) is 0 Å². The summed E-state index contributed by atoms with van der Waals surface area (Å²) in [5.74, 6) is 0. The molecule has 0 aliphatic carbocycles. The first-order valence-corrected chi connectivity index (χ1v) is 3.93. The number of hydrogen-bond acceptors (Lipinski definition) is 1. The molecule has 0 bridgehead atoms. The van der Waals surface area contributed by atoms with Crippen molar-refractivity contribution < 1.29 is 0 Å². The Labute approximate surface area is 69.5 Å². The minimum absolute atomic E-state index is 0.0612. The average Bonchev–Trinajstić information content (AvgIpc) is 1.87. The maximum Gasteiger partial charge on any atom is 0.0731 e. The third-order valence-electron chi connectivity index (χ3n) is 1.26. The molecule has 62 valence electrons. The van der Waals surface area contributed by atoms with Crippen molar-refractivity contribution in [3.05, 3.63) is 24.3 Å². The lowest BCUT2D eigenvalue weighted by Crippen LogP contribution is -2.11. The summed E-state index contributed by atoms with van der Waals surface area (Å²) in [4.78, 5) is 4.34. The molecule has 0 rings (SSSR count). The van der Waals surface area contributed by atoms with Crippen LogP contribution in [0.15, 0.2) is 29.3 Å². The summed E-state index contributed by atoms with van der Waals surface area (Å²) >= 11 is 0. The van der Waals surface area contributed by atoms with E-state index >= 15 is 0 Å². The molecule has 11 heavy (non-hydrogen) atoms. The van der Waals surface area contributed by atoms with E-state index in [-0.39, 0.29) is 5.54 Å². The van der Waals surface area contributed by atoms with Crippen LogP contribution < -0.4 is 0 Å². The van der Waals surface area contributed by atoms with Gasteiger partial charge in [0, 0.05) is 6.21 Å². The Morgan fingerprint density at radius 2 is 1.73 bits per heavy atom. The zero-order valence-corrected chi connectivity index (χ0v) is 7.83. The summed E-state index contributed by atoms with van der Waals surface area (Å²) < 4.78 is 0. The van der Waals surface area contributed by atoms with Gasteiger partial charge in [0.05, 0.1) is 5.54 Å². The van der Waals surface area contributed by atoms with Crippen LogP contribution in [0.3, 0.4) is 0 Å². The van der Waals surface area contributed by atoms with Gasteiger partial charge in [0.1, 0.15) is 0 Å². The van der Waals surface area contributed by atoms with Gasteiger partial charge in [-0.25, -0.2) is 0 Å². The van der Waals surface area contributed by atoms with Crippen LogP contribution in [0, 0.1) is 0 Å². The van der Waals surface area contributed by atoms with Gasteiger partial charge in [0.15, 0.2) is 0 Å². The van der Waals surface area contributed by atoms with Crippen LogP contribution in [0.25, 0.3) is 0 Å². The molecule has 0 N–H and O–H groups in total. The first-order valence-electron chi connectivity index (χ1n) is 3.93. The molecule has 0 unspecified atom stereocenters. The normalized spacial score (nSPS) is 14.2. The highest BCUT2D eigenvalue weighted by Crippen LogP contribution is 2.09. The van der Waals surface area contributed by atoms with E-state index in [1.165, 1.54) is 0 Å². The highest BCUT2D eigenvalue weighted by molar-refractivity contribution is 5.71. The van der Waals surface area contributed by atoms with Crippen molar-refractivity contribution in [2.75, 3.05) is 0 Å². The maximum absolute atomic E-state index is 4.34. The molecule has 1 nitrogen and oxygen atoms in total. The van der Waals surface area contributed by atoms with Gasteiger partial charge in [-0.05, 0) is 33.8 Å². The van der Waals surface area contributed by atoms with Crippen LogP contribution in [0.5, 0.6) is 0 Å². The fourth-order valence-electron chi connectivity index (χ4n) is 0.772. The second-order valence-corrected chi connectivity index (χ2v) is 2.96. The largest absolute Gasteiger partial charge is 0.283 e. The van der Waals surface area contributed by atoms with Crippen LogP contribution >= 0.6 is 0 Å². The smallest absolute Gasteiger partial charge is 0.0731 e. The quantitative estimate of drug-likeness (QED) is 0.434. The Morgan fingerprint density at radius 3 is 2.18 bits per heavy atom. The summed E-state index contributed by atoms with van der Waals surface area (Å²) in [6, 6.07) is 0. The molecule has 0 spiro atoms. The predicted molar refractivity (Wildman–Crippen MR) is 52.2 cm³/mol. The van der Waals surface area contributed by atoms with Crippen LogP contribution in [-0.4, -0.2) is 11.8 Å². The number of rotatable bonds is 3. The molecule has 0 aliphatic heterocycles. The Hall–Kier alpha value is -0.850. The molecule has 1 heteroatoms. The number of nitrogens with zero attached hydrogens (tertiary/aromatic N) is 1. The first kappa shape index (κ1) is 10.2. The van der Waals surface area contributed by atoms with Gasteiger partial charge < -0.3 is 0 Å². The van der Waals surface area contributed by atoms with Crippen molar-refractivity contribution in [2.45, 2.75) is 33.2 Å². The van der Waals surface area contributed by atoms with E-state index in [0.29, 0.717) is 0 Å². The Bertz CT molecular complexity index is 173. The van der Waals surface area contributed by atoms with Crippen molar-refractivity contribution in [3.63, 3.8) is 0 Å². The lowest BCUT2D eigenvalue weighted by atomic mass is 10.1. The highest BCUT2D eigenvalue weighted by atomic mass is 14.8. The van der Waals surface area contributed by atoms with Gasteiger partial charge in [-0.1, -0.05) is 18.2 Å². The second kappa shape index (κ2) is 4.89. The Kier molecular flexibility index (Phi) is 4.51. The first-order chi connectivity index (χ1) is 5.12. The van der Waals surface area contributed by atoms with Crippen LogP contribution in [0.1, 0.15) is 27.7 Å². The van der Waals surface area contributed by atoms with Gasteiger partial charge in [0.2, 0.25) is 0 Å².